The quantitative estimate of drug-likeness (QED) is 0.786. The van der Waals surface area contributed by atoms with E-state index in [1.807, 2.05) is 0 Å². The van der Waals surface area contributed by atoms with Crippen LogP contribution in [0.2, 0.25) is 5.02 Å². The van der Waals surface area contributed by atoms with Crippen molar-refractivity contribution >= 4 is 27.4 Å². The maximum atomic E-state index is 11.9. The molecular formula is C11H12ClNO3S. The van der Waals surface area contributed by atoms with Gasteiger partial charge in [0.1, 0.15) is 0 Å². The third kappa shape index (κ3) is 2.86. The number of carbonyl (C=O) groups is 1. The molecular weight excluding hydrogens is 262 g/mol. The van der Waals surface area contributed by atoms with Crippen LogP contribution in [0.25, 0.3) is 0 Å². The summed E-state index contributed by atoms with van der Waals surface area (Å²) in [5.41, 5.74) is 0.444. The Morgan fingerprint density at radius 1 is 1.41 bits per heavy atom. The van der Waals surface area contributed by atoms with Crippen LogP contribution in [-0.4, -0.2) is 37.3 Å². The zero-order chi connectivity index (χ0) is 12.5. The van der Waals surface area contributed by atoms with Crippen LogP contribution in [0.15, 0.2) is 24.3 Å². The molecule has 0 atom stereocenters. The lowest BCUT2D eigenvalue weighted by Crippen LogP contribution is -2.31. The van der Waals surface area contributed by atoms with E-state index in [1.165, 1.54) is 4.31 Å². The second-order valence-corrected chi connectivity index (χ2v) is 6.46. The van der Waals surface area contributed by atoms with Gasteiger partial charge in [0.15, 0.2) is 5.78 Å². The number of halogens is 1. The maximum Gasteiger partial charge on any atom is 0.214 e. The third-order valence-corrected chi connectivity index (χ3v) is 4.81. The summed E-state index contributed by atoms with van der Waals surface area (Å²) in [5.74, 6) is -0.0893. The van der Waals surface area contributed by atoms with Crippen molar-refractivity contribution in [3.05, 3.63) is 34.9 Å². The van der Waals surface area contributed by atoms with Crippen molar-refractivity contribution in [1.29, 1.82) is 0 Å². The topological polar surface area (TPSA) is 54.5 Å². The van der Waals surface area contributed by atoms with Gasteiger partial charge in [0.05, 0.1) is 12.3 Å². The van der Waals surface area contributed by atoms with Crippen LogP contribution in [0, 0.1) is 0 Å². The van der Waals surface area contributed by atoms with Gasteiger partial charge in [-0.25, -0.2) is 8.42 Å². The summed E-state index contributed by atoms with van der Waals surface area (Å²) in [6.07, 6.45) is 0.588. The number of nitrogens with zero attached hydrogens (tertiary/aromatic N) is 1. The zero-order valence-electron chi connectivity index (χ0n) is 9.10. The van der Waals surface area contributed by atoms with Gasteiger partial charge in [-0.3, -0.25) is 4.79 Å². The van der Waals surface area contributed by atoms with Crippen LogP contribution < -0.4 is 0 Å². The lowest BCUT2D eigenvalue weighted by molar-refractivity contribution is 0.0969. The Balaban J connectivity index is 2.12. The molecule has 0 N–H and O–H groups in total. The molecule has 2 rings (SSSR count). The Labute approximate surface area is 105 Å². The molecule has 1 aliphatic heterocycles. The Morgan fingerprint density at radius 2 is 2.18 bits per heavy atom. The standard InChI is InChI=1S/C11H12ClNO3S/c12-10-4-1-3-9(7-10)11(14)8-13-5-2-6-17(13,15)16/h1,3-4,7H,2,5-6,8H2. The molecule has 1 aromatic carbocycles. The molecule has 0 aliphatic carbocycles. The van der Waals surface area contributed by atoms with Gasteiger partial charge in [-0.15, -0.1) is 0 Å². The summed E-state index contributed by atoms with van der Waals surface area (Å²) >= 11 is 5.78. The van der Waals surface area contributed by atoms with E-state index in [0.29, 0.717) is 23.6 Å². The van der Waals surface area contributed by atoms with Crippen LogP contribution in [-0.2, 0) is 10.0 Å². The second-order valence-electron chi connectivity index (χ2n) is 3.94. The predicted molar refractivity (Wildman–Crippen MR) is 65.8 cm³/mol. The molecule has 92 valence electrons. The molecule has 1 heterocycles. The van der Waals surface area contributed by atoms with Gasteiger partial charge in [-0.2, -0.15) is 4.31 Å². The number of hydrogen-bond donors (Lipinski definition) is 0. The van der Waals surface area contributed by atoms with E-state index in [4.69, 9.17) is 11.6 Å². The average Bonchev–Trinajstić information content (AvgIpc) is 2.58. The number of ketones is 1. The van der Waals surface area contributed by atoms with E-state index in [-0.39, 0.29) is 18.1 Å². The molecule has 1 fully saturated rings. The summed E-state index contributed by atoms with van der Waals surface area (Å²) in [7, 11) is -3.22. The molecule has 0 bridgehead atoms. The minimum absolute atomic E-state index is 0.0946. The van der Waals surface area contributed by atoms with Crippen molar-refractivity contribution in [2.24, 2.45) is 0 Å². The van der Waals surface area contributed by atoms with E-state index in [2.05, 4.69) is 0 Å². The van der Waals surface area contributed by atoms with Gasteiger partial charge < -0.3 is 0 Å². The Morgan fingerprint density at radius 3 is 2.76 bits per heavy atom. The van der Waals surface area contributed by atoms with Gasteiger partial charge in [-0.1, -0.05) is 23.7 Å². The minimum Gasteiger partial charge on any atom is -0.293 e. The molecule has 0 spiro atoms. The summed E-state index contributed by atoms with van der Waals surface area (Å²) in [6.45, 7) is 0.331. The molecule has 1 aliphatic rings. The van der Waals surface area contributed by atoms with E-state index < -0.39 is 10.0 Å². The summed E-state index contributed by atoms with van der Waals surface area (Å²) in [6, 6.07) is 6.53. The number of carbonyl (C=O) groups excluding carboxylic acids is 1. The highest BCUT2D eigenvalue weighted by molar-refractivity contribution is 7.89. The molecule has 6 heteroatoms. The Kier molecular flexibility index (Phi) is 3.51. The molecule has 17 heavy (non-hydrogen) atoms. The highest BCUT2D eigenvalue weighted by atomic mass is 35.5. The van der Waals surface area contributed by atoms with Crippen LogP contribution in [0.4, 0.5) is 0 Å². The number of sulfonamides is 1. The number of hydrogen-bond acceptors (Lipinski definition) is 3. The molecule has 4 nitrogen and oxygen atoms in total. The fraction of sp³-hybridized carbons (Fsp3) is 0.364. The van der Waals surface area contributed by atoms with Crippen molar-refractivity contribution in [3.8, 4) is 0 Å². The monoisotopic (exact) mass is 273 g/mol. The van der Waals surface area contributed by atoms with Crippen molar-refractivity contribution < 1.29 is 13.2 Å². The third-order valence-electron chi connectivity index (χ3n) is 2.67. The van der Waals surface area contributed by atoms with E-state index >= 15 is 0 Å². The maximum absolute atomic E-state index is 11.9. The van der Waals surface area contributed by atoms with Crippen LogP contribution in [0.1, 0.15) is 16.8 Å². The first kappa shape index (κ1) is 12.5. The summed E-state index contributed by atoms with van der Waals surface area (Å²) < 4.78 is 24.3. The predicted octanol–water partition coefficient (Wildman–Crippen LogP) is 1.56. The smallest absolute Gasteiger partial charge is 0.214 e. The van der Waals surface area contributed by atoms with Crippen molar-refractivity contribution in [2.45, 2.75) is 6.42 Å². The normalized spacial score (nSPS) is 19.4. The summed E-state index contributed by atoms with van der Waals surface area (Å²) in [5, 5.41) is 0.472. The van der Waals surface area contributed by atoms with Gasteiger partial charge in [0.2, 0.25) is 10.0 Å². The molecule has 0 saturated carbocycles. The van der Waals surface area contributed by atoms with Crippen molar-refractivity contribution in [1.82, 2.24) is 4.31 Å². The highest BCUT2D eigenvalue weighted by Crippen LogP contribution is 2.16. The van der Waals surface area contributed by atoms with Gasteiger partial charge in [0, 0.05) is 17.1 Å². The average molecular weight is 274 g/mol. The molecule has 0 radical (unpaired) electrons. The SMILES string of the molecule is O=C(CN1CCCS1(=O)=O)c1cccc(Cl)c1. The molecule has 1 aromatic rings. The van der Waals surface area contributed by atoms with Gasteiger partial charge >= 0.3 is 0 Å². The minimum atomic E-state index is -3.22. The summed E-state index contributed by atoms with van der Waals surface area (Å²) in [4.78, 5) is 11.9. The molecule has 0 amide bonds. The number of rotatable bonds is 3. The molecule has 0 unspecified atom stereocenters. The first-order chi connectivity index (χ1) is 7.99. The van der Waals surface area contributed by atoms with Gasteiger partial charge in [-0.05, 0) is 18.6 Å². The number of Topliss-reactive ketones (excluding diaryl/α,β-unsaturated/α-hetero) is 1. The van der Waals surface area contributed by atoms with Crippen molar-refractivity contribution in [3.63, 3.8) is 0 Å². The fourth-order valence-electron chi connectivity index (χ4n) is 1.78. The molecule has 0 aromatic heterocycles. The van der Waals surface area contributed by atoms with Gasteiger partial charge in [0.25, 0.3) is 0 Å². The Hall–Kier alpha value is -0.910. The van der Waals surface area contributed by atoms with E-state index in [1.54, 1.807) is 24.3 Å². The van der Waals surface area contributed by atoms with Crippen LogP contribution >= 0.6 is 11.6 Å². The first-order valence-corrected chi connectivity index (χ1v) is 7.24. The van der Waals surface area contributed by atoms with Crippen LogP contribution in [0.5, 0.6) is 0 Å². The van der Waals surface area contributed by atoms with Crippen molar-refractivity contribution in [2.75, 3.05) is 18.8 Å². The largest absolute Gasteiger partial charge is 0.293 e. The lowest BCUT2D eigenvalue weighted by atomic mass is 10.1. The Bertz CT molecular complexity index is 541. The highest BCUT2D eigenvalue weighted by Gasteiger charge is 2.29. The van der Waals surface area contributed by atoms with E-state index in [9.17, 15) is 13.2 Å². The van der Waals surface area contributed by atoms with E-state index in [0.717, 1.165) is 0 Å². The molecule has 1 saturated heterocycles. The lowest BCUT2D eigenvalue weighted by Gasteiger charge is -2.12. The number of benzene rings is 1. The van der Waals surface area contributed by atoms with Crippen LogP contribution in [0.3, 0.4) is 0 Å². The second kappa shape index (κ2) is 4.76. The first-order valence-electron chi connectivity index (χ1n) is 5.26. The zero-order valence-corrected chi connectivity index (χ0v) is 10.7. The fourth-order valence-corrected chi connectivity index (χ4v) is 3.45.